The number of rotatable bonds is 8. The number of nitrogens with zero attached hydrogens (tertiary/aromatic N) is 6. The fourth-order valence-electron chi connectivity index (χ4n) is 3.42. The molecule has 0 bridgehead atoms. The van der Waals surface area contributed by atoms with E-state index >= 15 is 0 Å². The molecule has 0 spiro atoms. The predicted octanol–water partition coefficient (Wildman–Crippen LogP) is 2.67. The first-order chi connectivity index (χ1) is 12.2. The van der Waals surface area contributed by atoms with E-state index in [4.69, 9.17) is 0 Å². The highest BCUT2D eigenvalue weighted by molar-refractivity contribution is 7.09. The van der Waals surface area contributed by atoms with Gasteiger partial charge in [0, 0.05) is 37.6 Å². The zero-order chi connectivity index (χ0) is 17.6. The van der Waals surface area contributed by atoms with Crippen molar-refractivity contribution in [1.82, 2.24) is 30.0 Å². The summed E-state index contributed by atoms with van der Waals surface area (Å²) in [4.78, 5) is 6.29. The van der Waals surface area contributed by atoms with Crippen LogP contribution in [0, 0.1) is 5.92 Å². The van der Waals surface area contributed by atoms with Gasteiger partial charge in [0.15, 0.2) is 5.82 Å². The van der Waals surface area contributed by atoms with Crippen molar-refractivity contribution < 1.29 is 0 Å². The van der Waals surface area contributed by atoms with Crippen LogP contribution < -0.4 is 0 Å². The van der Waals surface area contributed by atoms with Gasteiger partial charge < -0.3 is 0 Å². The van der Waals surface area contributed by atoms with E-state index in [2.05, 4.69) is 63.3 Å². The molecule has 0 amide bonds. The Balaban J connectivity index is 1.75. The van der Waals surface area contributed by atoms with Crippen molar-refractivity contribution in [3.8, 4) is 0 Å². The molecule has 136 valence electrons. The van der Waals surface area contributed by atoms with Gasteiger partial charge in [0.25, 0.3) is 0 Å². The SMILES string of the molecule is C=CCN1CCN([C@H](CC(C)C)c2nnnn2Cc2cccs2)CC1. The Kier molecular flexibility index (Phi) is 6.34. The number of thiophene rings is 1. The summed E-state index contributed by atoms with van der Waals surface area (Å²) in [5.74, 6) is 1.60. The summed E-state index contributed by atoms with van der Waals surface area (Å²) >= 11 is 1.75. The molecule has 1 aliphatic rings. The summed E-state index contributed by atoms with van der Waals surface area (Å²) in [7, 11) is 0. The van der Waals surface area contributed by atoms with Gasteiger partial charge in [0.1, 0.15) is 0 Å². The van der Waals surface area contributed by atoms with E-state index in [9.17, 15) is 0 Å². The predicted molar refractivity (Wildman–Crippen MR) is 102 cm³/mol. The molecule has 2 aromatic rings. The van der Waals surface area contributed by atoms with Crippen molar-refractivity contribution in [2.45, 2.75) is 32.9 Å². The number of tetrazole rings is 1. The molecule has 0 N–H and O–H groups in total. The molecule has 0 saturated carbocycles. The van der Waals surface area contributed by atoms with Gasteiger partial charge in [-0.1, -0.05) is 26.0 Å². The second-order valence-electron chi connectivity index (χ2n) is 7.04. The van der Waals surface area contributed by atoms with Crippen LogP contribution in [0.25, 0.3) is 0 Å². The van der Waals surface area contributed by atoms with Crippen LogP contribution in [-0.4, -0.2) is 62.7 Å². The Morgan fingerprint density at radius 3 is 2.72 bits per heavy atom. The molecule has 1 fully saturated rings. The topological polar surface area (TPSA) is 50.1 Å². The van der Waals surface area contributed by atoms with Crippen LogP contribution in [0.5, 0.6) is 0 Å². The number of hydrogen-bond donors (Lipinski definition) is 0. The lowest BCUT2D eigenvalue weighted by Gasteiger charge is -2.39. The maximum absolute atomic E-state index is 4.42. The van der Waals surface area contributed by atoms with Crippen LogP contribution in [0.4, 0.5) is 0 Å². The minimum absolute atomic E-state index is 0.279. The second-order valence-corrected chi connectivity index (χ2v) is 8.08. The van der Waals surface area contributed by atoms with Gasteiger partial charge in [-0.15, -0.1) is 23.0 Å². The third-order valence-corrected chi connectivity index (χ3v) is 5.53. The average molecular weight is 361 g/mol. The van der Waals surface area contributed by atoms with Gasteiger partial charge in [-0.25, -0.2) is 4.68 Å². The van der Waals surface area contributed by atoms with Crippen LogP contribution in [-0.2, 0) is 6.54 Å². The molecule has 0 aromatic carbocycles. The van der Waals surface area contributed by atoms with Crippen molar-refractivity contribution in [1.29, 1.82) is 0 Å². The Morgan fingerprint density at radius 1 is 1.28 bits per heavy atom. The van der Waals surface area contributed by atoms with Crippen molar-refractivity contribution in [2.75, 3.05) is 32.7 Å². The molecule has 25 heavy (non-hydrogen) atoms. The maximum Gasteiger partial charge on any atom is 0.168 e. The van der Waals surface area contributed by atoms with E-state index in [1.165, 1.54) is 4.88 Å². The zero-order valence-corrected chi connectivity index (χ0v) is 16.0. The Bertz CT molecular complexity index is 642. The average Bonchev–Trinajstić information content (AvgIpc) is 3.26. The number of aromatic nitrogens is 4. The molecule has 0 unspecified atom stereocenters. The smallest absolute Gasteiger partial charge is 0.168 e. The maximum atomic E-state index is 4.42. The minimum atomic E-state index is 0.279. The first-order valence-electron chi connectivity index (χ1n) is 9.03. The fraction of sp³-hybridized carbons (Fsp3) is 0.611. The summed E-state index contributed by atoms with van der Waals surface area (Å²) in [5, 5.41) is 14.8. The molecule has 3 heterocycles. The molecule has 1 aliphatic heterocycles. The van der Waals surface area contributed by atoms with Gasteiger partial charge in [-0.05, 0) is 34.2 Å². The highest BCUT2D eigenvalue weighted by Gasteiger charge is 2.29. The van der Waals surface area contributed by atoms with Crippen LogP contribution in [0.2, 0.25) is 0 Å². The second kappa shape index (κ2) is 8.69. The molecule has 6 nitrogen and oxygen atoms in total. The quantitative estimate of drug-likeness (QED) is 0.678. The number of hydrogen-bond acceptors (Lipinski definition) is 6. The Labute approximate surface area is 154 Å². The van der Waals surface area contributed by atoms with E-state index in [0.717, 1.165) is 51.5 Å². The van der Waals surface area contributed by atoms with Crippen molar-refractivity contribution in [2.24, 2.45) is 5.92 Å². The van der Waals surface area contributed by atoms with Gasteiger partial charge in [0.05, 0.1) is 12.6 Å². The third kappa shape index (κ3) is 4.74. The van der Waals surface area contributed by atoms with Crippen LogP contribution in [0.1, 0.15) is 37.0 Å². The van der Waals surface area contributed by atoms with Crippen LogP contribution in [0.15, 0.2) is 30.2 Å². The van der Waals surface area contributed by atoms with E-state index in [-0.39, 0.29) is 6.04 Å². The lowest BCUT2D eigenvalue weighted by Crippen LogP contribution is -2.48. The normalized spacial score (nSPS) is 17.9. The molecule has 1 atom stereocenters. The van der Waals surface area contributed by atoms with E-state index in [0.29, 0.717) is 5.92 Å². The lowest BCUT2D eigenvalue weighted by molar-refractivity contribution is 0.0866. The first-order valence-corrected chi connectivity index (χ1v) is 9.91. The molecule has 0 aliphatic carbocycles. The first kappa shape index (κ1) is 18.2. The van der Waals surface area contributed by atoms with Crippen LogP contribution in [0.3, 0.4) is 0 Å². The molecule has 1 saturated heterocycles. The van der Waals surface area contributed by atoms with E-state index in [1.807, 2.05) is 10.8 Å². The van der Waals surface area contributed by atoms with Gasteiger partial charge in [-0.3, -0.25) is 9.80 Å². The lowest BCUT2D eigenvalue weighted by atomic mass is 10.0. The monoisotopic (exact) mass is 360 g/mol. The Morgan fingerprint density at radius 2 is 2.08 bits per heavy atom. The molecule has 7 heteroatoms. The molecular weight excluding hydrogens is 332 g/mol. The summed E-state index contributed by atoms with van der Waals surface area (Å²) in [6.07, 6.45) is 3.06. The zero-order valence-electron chi connectivity index (χ0n) is 15.2. The number of piperazine rings is 1. The van der Waals surface area contributed by atoms with Gasteiger partial charge >= 0.3 is 0 Å². The minimum Gasteiger partial charge on any atom is -0.297 e. The third-order valence-electron chi connectivity index (χ3n) is 4.67. The highest BCUT2D eigenvalue weighted by atomic mass is 32.1. The molecule has 2 aromatic heterocycles. The summed E-state index contributed by atoms with van der Waals surface area (Å²) < 4.78 is 1.98. The van der Waals surface area contributed by atoms with Crippen molar-refractivity contribution >= 4 is 11.3 Å². The standard InChI is InChI=1S/C18H28N6S/c1-4-7-22-8-10-23(11-9-22)17(13-15(2)3)18-19-20-21-24(18)14-16-6-5-12-25-16/h4-6,12,15,17H,1,7-11,13-14H2,2-3H3/t17-/m1/s1. The summed E-state index contributed by atoms with van der Waals surface area (Å²) in [5.41, 5.74) is 0. The molecule has 3 rings (SSSR count). The Hall–Kier alpha value is -1.57. The largest absolute Gasteiger partial charge is 0.297 e. The van der Waals surface area contributed by atoms with Crippen LogP contribution >= 0.6 is 11.3 Å². The highest BCUT2D eigenvalue weighted by Crippen LogP contribution is 2.27. The summed E-state index contributed by atoms with van der Waals surface area (Å²) in [6.45, 7) is 14.4. The van der Waals surface area contributed by atoms with Crippen molar-refractivity contribution in [3.63, 3.8) is 0 Å². The van der Waals surface area contributed by atoms with Crippen molar-refractivity contribution in [3.05, 3.63) is 40.9 Å². The molecule has 0 radical (unpaired) electrons. The van der Waals surface area contributed by atoms with Gasteiger partial charge in [0.2, 0.25) is 0 Å². The fourth-order valence-corrected chi connectivity index (χ4v) is 4.10. The van der Waals surface area contributed by atoms with E-state index < -0.39 is 0 Å². The van der Waals surface area contributed by atoms with Gasteiger partial charge in [-0.2, -0.15) is 0 Å². The molecular formula is C18H28N6S. The van der Waals surface area contributed by atoms with E-state index in [1.54, 1.807) is 11.3 Å². The summed E-state index contributed by atoms with van der Waals surface area (Å²) in [6, 6.07) is 4.50.